The Balaban J connectivity index is 1.38. The topological polar surface area (TPSA) is 84.4 Å². The molecule has 2 aromatic rings. The van der Waals surface area contributed by atoms with Crippen LogP contribution in [0.2, 0.25) is 0 Å². The van der Waals surface area contributed by atoms with Gasteiger partial charge in [-0.25, -0.2) is 0 Å². The lowest BCUT2D eigenvalue weighted by Gasteiger charge is -2.17. The van der Waals surface area contributed by atoms with Crippen LogP contribution in [0.15, 0.2) is 36.4 Å². The van der Waals surface area contributed by atoms with Crippen LogP contribution in [0.5, 0.6) is 5.88 Å². The van der Waals surface area contributed by atoms with Crippen LogP contribution in [0.1, 0.15) is 29.6 Å². The van der Waals surface area contributed by atoms with Crippen LogP contribution < -0.4 is 10.1 Å². The van der Waals surface area contributed by atoms with E-state index in [-0.39, 0.29) is 23.8 Å². The van der Waals surface area contributed by atoms with Gasteiger partial charge in [-0.3, -0.25) is 9.59 Å². The monoisotopic (exact) mass is 366 g/mol. The summed E-state index contributed by atoms with van der Waals surface area (Å²) in [6.07, 6.45) is 2.79. The zero-order valence-electron chi connectivity index (χ0n) is 15.2. The van der Waals surface area contributed by atoms with Crippen LogP contribution in [0, 0.1) is 5.92 Å². The maximum atomic E-state index is 12.7. The molecule has 1 aliphatic heterocycles. The third-order valence-corrected chi connectivity index (χ3v) is 5.05. The number of likely N-dealkylation sites (tertiary alicyclic amines) is 1. The molecule has 4 rings (SSSR count). The van der Waals surface area contributed by atoms with E-state index in [0.717, 1.165) is 30.5 Å². The molecule has 1 saturated heterocycles. The molecule has 1 aromatic heterocycles. The van der Waals surface area contributed by atoms with Gasteiger partial charge in [-0.2, -0.15) is 0 Å². The highest BCUT2D eigenvalue weighted by Gasteiger charge is 2.33. The Morgan fingerprint density at radius 2 is 1.85 bits per heavy atom. The zero-order valence-corrected chi connectivity index (χ0v) is 15.2. The summed E-state index contributed by atoms with van der Waals surface area (Å²) in [4.78, 5) is 26.4. The van der Waals surface area contributed by atoms with Gasteiger partial charge in [0, 0.05) is 42.2 Å². The van der Waals surface area contributed by atoms with Crippen LogP contribution in [0.3, 0.4) is 0 Å². The first-order valence-electron chi connectivity index (χ1n) is 9.22. The van der Waals surface area contributed by atoms with Crippen LogP contribution >= 0.6 is 0 Å². The lowest BCUT2D eigenvalue weighted by molar-refractivity contribution is -0.122. The second kappa shape index (κ2) is 7.34. The van der Waals surface area contributed by atoms with E-state index in [9.17, 15) is 9.59 Å². The second-order valence-corrected chi connectivity index (χ2v) is 7.06. The molecule has 2 heterocycles. The third-order valence-electron chi connectivity index (χ3n) is 5.05. The Morgan fingerprint density at radius 3 is 2.48 bits per heavy atom. The molecule has 27 heavy (non-hydrogen) atoms. The Bertz CT molecular complexity index is 831. The molecule has 1 unspecified atom stereocenters. The van der Waals surface area contributed by atoms with Crippen molar-refractivity contribution in [3.63, 3.8) is 0 Å². The predicted molar refractivity (Wildman–Crippen MR) is 99.2 cm³/mol. The molecule has 2 fully saturated rings. The maximum absolute atomic E-state index is 12.7. The molecular formula is C20H22N4O3. The van der Waals surface area contributed by atoms with Gasteiger partial charge in [0.2, 0.25) is 11.8 Å². The molecule has 2 aliphatic rings. The smallest absolute Gasteiger partial charge is 0.253 e. The number of carbonyl (C=O) groups is 2. The maximum Gasteiger partial charge on any atom is 0.253 e. The van der Waals surface area contributed by atoms with Crippen LogP contribution in [-0.4, -0.2) is 53.2 Å². The van der Waals surface area contributed by atoms with Crippen LogP contribution in [-0.2, 0) is 4.79 Å². The zero-order chi connectivity index (χ0) is 18.8. The van der Waals surface area contributed by atoms with E-state index in [1.807, 2.05) is 18.2 Å². The highest BCUT2D eigenvalue weighted by atomic mass is 16.5. The van der Waals surface area contributed by atoms with Crippen molar-refractivity contribution in [3.8, 4) is 17.1 Å². The number of nitrogens with zero attached hydrogens (tertiary/aromatic N) is 3. The number of amides is 2. The highest BCUT2D eigenvalue weighted by Crippen LogP contribution is 2.29. The van der Waals surface area contributed by atoms with Crippen molar-refractivity contribution in [3.05, 3.63) is 42.0 Å². The number of hydrogen-bond donors (Lipinski definition) is 1. The first-order chi connectivity index (χ1) is 13.1. The van der Waals surface area contributed by atoms with E-state index in [1.54, 1.807) is 30.2 Å². The van der Waals surface area contributed by atoms with Crippen LogP contribution in [0.25, 0.3) is 11.3 Å². The number of carbonyl (C=O) groups excluding carboxylic acids is 2. The minimum absolute atomic E-state index is 0.00876. The van der Waals surface area contributed by atoms with Crippen molar-refractivity contribution in [2.24, 2.45) is 5.92 Å². The number of nitrogens with one attached hydrogen (secondary N) is 1. The van der Waals surface area contributed by atoms with E-state index in [1.165, 1.54) is 0 Å². The fourth-order valence-corrected chi connectivity index (χ4v) is 3.28. The fraction of sp³-hybridized carbons (Fsp3) is 0.400. The highest BCUT2D eigenvalue weighted by molar-refractivity contribution is 5.95. The first kappa shape index (κ1) is 17.5. The van der Waals surface area contributed by atoms with Crippen molar-refractivity contribution in [2.45, 2.75) is 25.3 Å². The molecule has 0 radical (unpaired) electrons. The molecule has 1 atom stereocenters. The summed E-state index contributed by atoms with van der Waals surface area (Å²) in [5.74, 6) is 0.788. The number of aromatic nitrogens is 2. The lowest BCUT2D eigenvalue weighted by Crippen LogP contribution is -2.39. The summed E-state index contributed by atoms with van der Waals surface area (Å²) in [7, 11) is 1.55. The standard InChI is InChI=1S/C20H22N4O3/c1-27-18-9-8-17(22-23-18)13-2-6-15(7-3-13)20(26)24-11-10-16(12-24)21-19(25)14-4-5-14/h2-3,6-9,14,16H,4-5,10-12H2,1H3,(H,21,25). The van der Waals surface area contributed by atoms with Crippen molar-refractivity contribution in [1.29, 1.82) is 0 Å². The fourth-order valence-electron chi connectivity index (χ4n) is 3.28. The van der Waals surface area contributed by atoms with Gasteiger partial charge in [-0.15, -0.1) is 10.2 Å². The molecule has 7 heteroatoms. The van der Waals surface area contributed by atoms with Gasteiger partial charge in [0.05, 0.1) is 12.8 Å². The Morgan fingerprint density at radius 1 is 1.07 bits per heavy atom. The average Bonchev–Trinajstić information content (AvgIpc) is 3.47. The van der Waals surface area contributed by atoms with E-state index in [4.69, 9.17) is 4.74 Å². The van der Waals surface area contributed by atoms with Crippen molar-refractivity contribution >= 4 is 11.8 Å². The lowest BCUT2D eigenvalue weighted by atomic mass is 10.1. The van der Waals surface area contributed by atoms with E-state index >= 15 is 0 Å². The average molecular weight is 366 g/mol. The normalized spacial score (nSPS) is 19.0. The molecule has 1 aliphatic carbocycles. The number of methoxy groups -OCH3 is 1. The second-order valence-electron chi connectivity index (χ2n) is 7.06. The van der Waals surface area contributed by atoms with Gasteiger partial charge in [0.15, 0.2) is 0 Å². The molecule has 0 spiro atoms. The summed E-state index contributed by atoms with van der Waals surface area (Å²) < 4.78 is 5.01. The number of rotatable bonds is 5. The molecule has 1 saturated carbocycles. The molecule has 1 N–H and O–H groups in total. The van der Waals surface area contributed by atoms with Crippen LogP contribution in [0.4, 0.5) is 0 Å². The molecule has 140 valence electrons. The molecule has 0 bridgehead atoms. The van der Waals surface area contributed by atoms with Crippen molar-refractivity contribution in [2.75, 3.05) is 20.2 Å². The minimum atomic E-state index is -0.00876. The van der Waals surface area contributed by atoms with Gasteiger partial charge in [0.25, 0.3) is 5.91 Å². The van der Waals surface area contributed by atoms with Gasteiger partial charge in [0.1, 0.15) is 0 Å². The van der Waals surface area contributed by atoms with Gasteiger partial charge >= 0.3 is 0 Å². The first-order valence-corrected chi connectivity index (χ1v) is 9.22. The van der Waals surface area contributed by atoms with E-state index in [0.29, 0.717) is 24.5 Å². The summed E-state index contributed by atoms with van der Waals surface area (Å²) in [6.45, 7) is 1.24. The Kier molecular flexibility index (Phi) is 4.75. The SMILES string of the molecule is COc1ccc(-c2ccc(C(=O)N3CCC(NC(=O)C4CC4)C3)cc2)nn1. The number of benzene rings is 1. The summed E-state index contributed by atoms with van der Waals surface area (Å²) in [5, 5.41) is 11.1. The van der Waals surface area contributed by atoms with Gasteiger partial charge in [-0.05, 0) is 37.5 Å². The molecule has 7 nitrogen and oxygen atoms in total. The minimum Gasteiger partial charge on any atom is -0.480 e. The van der Waals surface area contributed by atoms with E-state index < -0.39 is 0 Å². The third kappa shape index (κ3) is 3.92. The largest absolute Gasteiger partial charge is 0.480 e. The Labute approximate surface area is 157 Å². The summed E-state index contributed by atoms with van der Waals surface area (Å²) in [5.41, 5.74) is 2.24. The van der Waals surface area contributed by atoms with E-state index in [2.05, 4.69) is 15.5 Å². The number of hydrogen-bond acceptors (Lipinski definition) is 5. The van der Waals surface area contributed by atoms with Crippen molar-refractivity contribution < 1.29 is 14.3 Å². The summed E-state index contributed by atoms with van der Waals surface area (Å²) >= 11 is 0. The van der Waals surface area contributed by atoms with Gasteiger partial charge in [-0.1, -0.05) is 12.1 Å². The number of ether oxygens (including phenoxy) is 1. The molecule has 2 amide bonds. The predicted octanol–water partition coefficient (Wildman–Crippen LogP) is 1.89. The quantitative estimate of drug-likeness (QED) is 0.874. The summed E-state index contributed by atoms with van der Waals surface area (Å²) in [6, 6.07) is 11.0. The van der Waals surface area contributed by atoms with Gasteiger partial charge < -0.3 is 15.0 Å². The molecular weight excluding hydrogens is 344 g/mol. The molecule has 1 aromatic carbocycles. The Hall–Kier alpha value is -2.96. The van der Waals surface area contributed by atoms with Crippen molar-refractivity contribution in [1.82, 2.24) is 20.4 Å².